The zero-order valence-electron chi connectivity index (χ0n) is 12.1. The van der Waals surface area contributed by atoms with E-state index in [2.05, 4.69) is 5.32 Å². The Bertz CT molecular complexity index is 641. The summed E-state index contributed by atoms with van der Waals surface area (Å²) in [6.45, 7) is 2.20. The van der Waals surface area contributed by atoms with Crippen LogP contribution < -0.4 is 5.32 Å². The Morgan fingerprint density at radius 3 is 2.95 bits per heavy atom. The Kier molecular flexibility index (Phi) is 4.08. The summed E-state index contributed by atoms with van der Waals surface area (Å²) in [5, 5.41) is 13.0. The number of rotatable bonds is 4. The van der Waals surface area contributed by atoms with E-state index in [0.29, 0.717) is 0 Å². The number of fused-ring (bicyclic) bond motifs is 1. The van der Waals surface area contributed by atoms with Crippen molar-refractivity contribution in [3.05, 3.63) is 56.8 Å². The van der Waals surface area contributed by atoms with Crippen molar-refractivity contribution in [3.8, 4) is 0 Å². The second-order valence-corrected chi connectivity index (χ2v) is 6.63. The maximum Gasteiger partial charge on any atom is 0.261 e. The van der Waals surface area contributed by atoms with Gasteiger partial charge in [0.2, 0.25) is 0 Å². The Balaban J connectivity index is 1.62. The summed E-state index contributed by atoms with van der Waals surface area (Å²) < 4.78 is 0. The molecule has 1 amide bonds. The minimum atomic E-state index is -0.665. The maximum atomic E-state index is 12.2. The molecule has 2 N–H and O–H groups in total. The van der Waals surface area contributed by atoms with E-state index < -0.39 is 6.10 Å². The predicted molar refractivity (Wildman–Crippen MR) is 84.8 cm³/mol. The quantitative estimate of drug-likeness (QED) is 0.912. The highest BCUT2D eigenvalue weighted by Crippen LogP contribution is 2.30. The zero-order valence-corrected chi connectivity index (χ0v) is 12.9. The molecule has 1 unspecified atom stereocenters. The van der Waals surface area contributed by atoms with Crippen molar-refractivity contribution in [1.82, 2.24) is 5.32 Å². The highest BCUT2D eigenvalue weighted by Gasteiger charge is 2.19. The first kappa shape index (κ1) is 14.3. The van der Waals surface area contributed by atoms with Crippen molar-refractivity contribution in [3.63, 3.8) is 0 Å². The van der Waals surface area contributed by atoms with E-state index >= 15 is 0 Å². The Morgan fingerprint density at radius 2 is 2.19 bits per heavy atom. The Hall–Kier alpha value is -1.65. The Labute approximate surface area is 128 Å². The van der Waals surface area contributed by atoms with Gasteiger partial charge in [0.15, 0.2) is 0 Å². The van der Waals surface area contributed by atoms with Crippen LogP contribution in [0.5, 0.6) is 0 Å². The first-order valence-corrected chi connectivity index (χ1v) is 8.10. The van der Waals surface area contributed by atoms with Gasteiger partial charge >= 0.3 is 0 Å². The van der Waals surface area contributed by atoms with Gasteiger partial charge < -0.3 is 10.4 Å². The van der Waals surface area contributed by atoms with Gasteiger partial charge in [-0.2, -0.15) is 0 Å². The minimum absolute atomic E-state index is 0.0814. The molecule has 0 bridgehead atoms. The zero-order chi connectivity index (χ0) is 14.8. The molecule has 2 aromatic rings. The molecule has 0 fully saturated rings. The molecule has 0 spiro atoms. The van der Waals surface area contributed by atoms with Gasteiger partial charge in [0.25, 0.3) is 5.91 Å². The van der Waals surface area contributed by atoms with Crippen LogP contribution in [0, 0.1) is 6.92 Å². The third kappa shape index (κ3) is 3.01. The molecule has 110 valence electrons. The van der Waals surface area contributed by atoms with Crippen molar-refractivity contribution in [2.24, 2.45) is 0 Å². The third-order valence-corrected chi connectivity index (χ3v) is 5.21. The van der Waals surface area contributed by atoms with E-state index in [9.17, 15) is 9.90 Å². The van der Waals surface area contributed by atoms with Gasteiger partial charge in [0.1, 0.15) is 0 Å². The number of hydrogen-bond acceptors (Lipinski definition) is 3. The summed E-state index contributed by atoms with van der Waals surface area (Å²) in [6.07, 6.45) is 2.72. The van der Waals surface area contributed by atoms with Crippen molar-refractivity contribution in [2.45, 2.75) is 32.3 Å². The van der Waals surface area contributed by atoms with E-state index in [0.717, 1.165) is 28.8 Å². The smallest absolute Gasteiger partial charge is 0.261 e. The molecular weight excluding hydrogens is 282 g/mol. The van der Waals surface area contributed by atoms with Crippen LogP contribution in [0.1, 0.15) is 43.8 Å². The molecule has 0 radical (unpaired) electrons. The molecular formula is C17H19NO2S. The second-order valence-electron chi connectivity index (χ2n) is 5.50. The first-order valence-electron chi connectivity index (χ1n) is 7.28. The van der Waals surface area contributed by atoms with E-state index in [1.807, 2.05) is 37.3 Å². The van der Waals surface area contributed by atoms with Crippen LogP contribution in [-0.2, 0) is 12.8 Å². The van der Waals surface area contributed by atoms with Crippen molar-refractivity contribution < 1.29 is 9.90 Å². The summed E-state index contributed by atoms with van der Waals surface area (Å²) in [5.74, 6) is -0.0814. The fourth-order valence-corrected chi connectivity index (χ4v) is 3.96. The fourth-order valence-electron chi connectivity index (χ4n) is 2.79. The summed E-state index contributed by atoms with van der Waals surface area (Å²) in [7, 11) is 0. The van der Waals surface area contributed by atoms with Gasteiger partial charge in [-0.1, -0.05) is 24.3 Å². The monoisotopic (exact) mass is 301 g/mol. The average Bonchev–Trinajstić information content (AvgIpc) is 3.06. The van der Waals surface area contributed by atoms with Gasteiger partial charge in [0, 0.05) is 11.4 Å². The molecule has 0 saturated carbocycles. The van der Waals surface area contributed by atoms with Crippen molar-refractivity contribution in [2.75, 3.05) is 6.54 Å². The molecule has 1 aliphatic rings. The van der Waals surface area contributed by atoms with Gasteiger partial charge in [-0.05, 0) is 48.9 Å². The number of aliphatic hydroxyl groups excluding tert-OH is 1. The normalized spacial score (nSPS) is 14.8. The van der Waals surface area contributed by atoms with Crippen LogP contribution in [0.25, 0.3) is 0 Å². The lowest BCUT2D eigenvalue weighted by Gasteiger charge is -2.14. The standard InChI is InChI=1S/C17H19NO2S/c1-11-5-2-3-7-13(11)14(19)10-18-17(20)16-9-12-6-4-8-15(12)21-16/h2-3,5,7,9,14,19H,4,6,8,10H2,1H3,(H,18,20). The number of thiophene rings is 1. The number of carbonyl (C=O) groups excluding carboxylic acids is 1. The summed E-state index contributed by atoms with van der Waals surface area (Å²) in [5.41, 5.74) is 3.23. The first-order chi connectivity index (χ1) is 10.1. The number of nitrogens with one attached hydrogen (secondary N) is 1. The highest BCUT2D eigenvalue weighted by atomic mass is 32.1. The Morgan fingerprint density at radius 1 is 1.38 bits per heavy atom. The topological polar surface area (TPSA) is 49.3 Å². The largest absolute Gasteiger partial charge is 0.387 e. The summed E-state index contributed by atoms with van der Waals surface area (Å²) in [4.78, 5) is 14.3. The van der Waals surface area contributed by atoms with Gasteiger partial charge in [-0.15, -0.1) is 11.3 Å². The second kappa shape index (κ2) is 6.00. The van der Waals surface area contributed by atoms with Gasteiger partial charge in [0.05, 0.1) is 11.0 Å². The van der Waals surface area contributed by atoms with E-state index in [4.69, 9.17) is 0 Å². The lowest BCUT2D eigenvalue weighted by atomic mass is 10.0. The van der Waals surface area contributed by atoms with Crippen molar-refractivity contribution >= 4 is 17.2 Å². The van der Waals surface area contributed by atoms with Gasteiger partial charge in [-0.3, -0.25) is 4.79 Å². The molecule has 0 saturated heterocycles. The molecule has 1 aromatic heterocycles. The third-order valence-electron chi connectivity index (χ3n) is 3.97. The molecule has 1 heterocycles. The average molecular weight is 301 g/mol. The van der Waals surface area contributed by atoms with Crippen LogP contribution in [0.2, 0.25) is 0 Å². The molecule has 4 heteroatoms. The number of aryl methyl sites for hydroxylation is 3. The predicted octanol–water partition coefficient (Wildman–Crippen LogP) is 3.01. The molecule has 21 heavy (non-hydrogen) atoms. The molecule has 3 nitrogen and oxygen atoms in total. The van der Waals surface area contributed by atoms with E-state index in [-0.39, 0.29) is 12.5 Å². The lowest BCUT2D eigenvalue weighted by Crippen LogP contribution is -2.28. The highest BCUT2D eigenvalue weighted by molar-refractivity contribution is 7.14. The number of benzene rings is 1. The number of hydrogen-bond donors (Lipinski definition) is 2. The van der Waals surface area contributed by atoms with Crippen molar-refractivity contribution in [1.29, 1.82) is 0 Å². The maximum absolute atomic E-state index is 12.2. The number of aliphatic hydroxyl groups is 1. The lowest BCUT2D eigenvalue weighted by molar-refractivity contribution is 0.0920. The fraction of sp³-hybridized carbons (Fsp3) is 0.353. The van der Waals surface area contributed by atoms with Crippen LogP contribution in [-0.4, -0.2) is 17.6 Å². The van der Waals surface area contributed by atoms with Crippen LogP contribution in [0.4, 0.5) is 0 Å². The SMILES string of the molecule is Cc1ccccc1C(O)CNC(=O)c1cc2c(s1)CCC2. The van der Waals surface area contributed by atoms with Crippen LogP contribution in [0.3, 0.4) is 0 Å². The molecule has 1 aromatic carbocycles. The summed E-state index contributed by atoms with van der Waals surface area (Å²) in [6, 6.07) is 9.70. The number of amides is 1. The van der Waals surface area contributed by atoms with E-state index in [1.54, 1.807) is 11.3 Å². The molecule has 3 rings (SSSR count). The van der Waals surface area contributed by atoms with Crippen LogP contribution >= 0.6 is 11.3 Å². The molecule has 0 aliphatic heterocycles. The molecule has 1 atom stereocenters. The van der Waals surface area contributed by atoms with Crippen LogP contribution in [0.15, 0.2) is 30.3 Å². The van der Waals surface area contributed by atoms with Gasteiger partial charge in [-0.25, -0.2) is 0 Å². The van der Waals surface area contributed by atoms with E-state index in [1.165, 1.54) is 16.9 Å². The summed E-state index contributed by atoms with van der Waals surface area (Å²) >= 11 is 1.59. The number of carbonyl (C=O) groups is 1. The minimum Gasteiger partial charge on any atom is -0.387 e. The molecule has 1 aliphatic carbocycles.